The van der Waals surface area contributed by atoms with Gasteiger partial charge in [0.2, 0.25) is 0 Å². The van der Waals surface area contributed by atoms with Crippen LogP contribution in [0.15, 0.2) is 60.7 Å². The molecule has 0 aliphatic heterocycles. The summed E-state index contributed by atoms with van der Waals surface area (Å²) in [4.78, 5) is 8.25. The van der Waals surface area contributed by atoms with Gasteiger partial charge in [0.15, 0.2) is 0 Å². The number of carbonyl (C=O) groups excluding carboxylic acids is 1. The van der Waals surface area contributed by atoms with Crippen LogP contribution in [0, 0.1) is 0 Å². The maximum absolute atomic E-state index is 8.25. The van der Waals surface area contributed by atoms with Crippen molar-refractivity contribution in [2.75, 3.05) is 0 Å². The van der Waals surface area contributed by atoms with Crippen molar-refractivity contribution in [2.24, 2.45) is 0 Å². The normalized spacial score (nSPS) is 8.63. The van der Waals surface area contributed by atoms with E-state index in [0.717, 1.165) is 13.1 Å². The first-order valence-electron chi connectivity index (χ1n) is 5.63. The Kier molecular flexibility index (Phi) is 10.5. The third-order valence-electron chi connectivity index (χ3n) is 2.27. The number of benzene rings is 2. The molecule has 2 aromatic carbocycles. The van der Waals surface area contributed by atoms with Crippen LogP contribution in [0.2, 0.25) is 0 Å². The minimum Gasteiger partial charge on any atom is -0.655 e. The van der Waals surface area contributed by atoms with Crippen LogP contribution < -0.4 is 5.11 Å². The van der Waals surface area contributed by atoms with E-state index in [-0.39, 0.29) is 16.5 Å². The summed E-state index contributed by atoms with van der Waals surface area (Å²) < 4.78 is 0. The second kappa shape index (κ2) is 11.5. The van der Waals surface area contributed by atoms with Crippen LogP contribution in [0.5, 0.6) is 0 Å². The van der Waals surface area contributed by atoms with Crippen molar-refractivity contribution in [3.63, 3.8) is 0 Å². The van der Waals surface area contributed by atoms with Gasteiger partial charge in [-0.25, -0.2) is 0 Å². The van der Waals surface area contributed by atoms with E-state index in [4.69, 9.17) is 9.90 Å². The molecule has 0 N–H and O–H groups in total. The average molecular weight is 300 g/mol. The molecule has 0 radical (unpaired) electrons. The van der Waals surface area contributed by atoms with Gasteiger partial charge in [0.1, 0.15) is 0 Å². The molecule has 3 nitrogen and oxygen atoms in total. The van der Waals surface area contributed by atoms with E-state index in [9.17, 15) is 0 Å². The molecule has 102 valence electrons. The van der Waals surface area contributed by atoms with Gasteiger partial charge in [-0.3, -0.25) is 0 Å². The van der Waals surface area contributed by atoms with Gasteiger partial charge in [0.05, 0.1) is 0 Å². The van der Waals surface area contributed by atoms with Crippen LogP contribution in [0.25, 0.3) is 5.32 Å². The second-order valence-electron chi connectivity index (χ2n) is 3.61. The quantitative estimate of drug-likeness (QED) is 0.641. The molecule has 0 fully saturated rings. The molecule has 0 amide bonds. The van der Waals surface area contributed by atoms with Gasteiger partial charge in [-0.15, -0.1) is 13.1 Å². The largest absolute Gasteiger partial charge is 2.00 e. The molecule has 0 saturated heterocycles. The number of hydrogen-bond donors (Lipinski definition) is 0. The van der Waals surface area contributed by atoms with Gasteiger partial charge in [0.25, 0.3) is 0 Å². The zero-order valence-corrected chi connectivity index (χ0v) is 11.3. The minimum absolute atomic E-state index is 0. The van der Waals surface area contributed by atoms with Crippen molar-refractivity contribution < 1.29 is 26.4 Å². The molecule has 0 aliphatic carbocycles. The standard InChI is InChI=1S/C14H14N.CH2O2.Ni/c1-3-7-13(8-4-1)11-15-12-14-9-5-2-6-10-14;2-1-3;/h1-10H,11-12H2;1H,(H,2,3);/q-1;;+2/p-1. The van der Waals surface area contributed by atoms with Crippen molar-refractivity contribution in [3.8, 4) is 0 Å². The van der Waals surface area contributed by atoms with Crippen molar-refractivity contribution in [1.82, 2.24) is 0 Å². The predicted molar refractivity (Wildman–Crippen MR) is 69.7 cm³/mol. The molecule has 0 aliphatic rings. The first-order chi connectivity index (χ1) is 8.86. The first-order valence-corrected chi connectivity index (χ1v) is 5.63. The van der Waals surface area contributed by atoms with Crippen molar-refractivity contribution in [2.45, 2.75) is 13.1 Å². The van der Waals surface area contributed by atoms with Gasteiger partial charge >= 0.3 is 16.5 Å². The fourth-order valence-electron chi connectivity index (χ4n) is 1.48. The summed E-state index contributed by atoms with van der Waals surface area (Å²) in [6.45, 7) is 1.10. The number of hydrogen-bond acceptors (Lipinski definition) is 2. The SMILES string of the molecule is O=C[O-].[Ni+2].c1ccc(C[N-]Cc2ccccc2)cc1. The summed E-state index contributed by atoms with van der Waals surface area (Å²) in [5.41, 5.74) is 2.54. The number of nitrogens with zero attached hydrogens (tertiary/aromatic N) is 1. The Morgan fingerprint density at radius 1 is 0.842 bits per heavy atom. The maximum Gasteiger partial charge on any atom is 2.00 e. The van der Waals surface area contributed by atoms with Gasteiger partial charge in [-0.1, -0.05) is 71.8 Å². The Balaban J connectivity index is 0.000000742. The Bertz CT molecular complexity index is 395. The molecule has 0 heterocycles. The van der Waals surface area contributed by atoms with Gasteiger partial charge < -0.3 is 15.2 Å². The molecule has 0 bridgehead atoms. The third kappa shape index (κ3) is 8.14. The summed E-state index contributed by atoms with van der Waals surface area (Å²) in [5.74, 6) is 0. The average Bonchev–Trinajstić information content (AvgIpc) is 2.42. The van der Waals surface area contributed by atoms with Crippen LogP contribution in [-0.4, -0.2) is 6.47 Å². The molecule has 0 spiro atoms. The molecule has 0 atom stereocenters. The molecule has 0 saturated carbocycles. The number of rotatable bonds is 4. The molecule has 19 heavy (non-hydrogen) atoms. The van der Waals surface area contributed by atoms with Crippen molar-refractivity contribution in [3.05, 3.63) is 77.1 Å². The summed E-state index contributed by atoms with van der Waals surface area (Å²) in [6.07, 6.45) is 0. The molecule has 4 heteroatoms. The summed E-state index contributed by atoms with van der Waals surface area (Å²) >= 11 is 0. The van der Waals surface area contributed by atoms with Crippen LogP contribution in [0.1, 0.15) is 11.1 Å². The summed E-state index contributed by atoms with van der Waals surface area (Å²) in [5, 5.41) is 12.8. The van der Waals surface area contributed by atoms with Crippen LogP contribution in [0.4, 0.5) is 0 Å². The zero-order valence-electron chi connectivity index (χ0n) is 10.3. The minimum atomic E-state index is -0.500. The topological polar surface area (TPSA) is 54.2 Å². The van der Waals surface area contributed by atoms with Gasteiger partial charge in [0, 0.05) is 6.47 Å². The maximum atomic E-state index is 8.25. The second-order valence-corrected chi connectivity index (χ2v) is 3.61. The number of carboxylic acid groups (broad SMARTS) is 1. The molecular weight excluding hydrogens is 285 g/mol. The van der Waals surface area contributed by atoms with E-state index in [1.165, 1.54) is 11.1 Å². The smallest absolute Gasteiger partial charge is 0.655 e. The Morgan fingerprint density at radius 3 is 1.47 bits per heavy atom. The molecule has 0 aromatic heterocycles. The van der Waals surface area contributed by atoms with Crippen LogP contribution in [-0.2, 0) is 34.4 Å². The summed E-state index contributed by atoms with van der Waals surface area (Å²) in [6, 6.07) is 20.7. The van der Waals surface area contributed by atoms with E-state index in [2.05, 4.69) is 29.6 Å². The third-order valence-corrected chi connectivity index (χ3v) is 2.27. The Morgan fingerprint density at radius 2 is 1.16 bits per heavy atom. The summed E-state index contributed by atoms with van der Waals surface area (Å²) in [7, 11) is 0. The Hall–Kier alpha value is -1.64. The molecule has 0 unspecified atom stereocenters. The van der Waals surface area contributed by atoms with Crippen molar-refractivity contribution >= 4 is 6.47 Å². The Labute approximate surface area is 123 Å². The fraction of sp³-hybridized carbons (Fsp3) is 0.133. The van der Waals surface area contributed by atoms with Gasteiger partial charge in [-0.2, -0.15) is 0 Å². The van der Waals surface area contributed by atoms with E-state index >= 15 is 0 Å². The van der Waals surface area contributed by atoms with E-state index < -0.39 is 6.47 Å². The zero-order chi connectivity index (χ0) is 13.1. The van der Waals surface area contributed by atoms with Crippen LogP contribution >= 0.6 is 0 Å². The molecule has 2 aromatic rings. The van der Waals surface area contributed by atoms with Gasteiger partial charge in [-0.05, 0) is 0 Å². The molecule has 2 rings (SSSR count). The molecular formula is C15H15NNiO2. The van der Waals surface area contributed by atoms with E-state index in [0.29, 0.717) is 0 Å². The van der Waals surface area contributed by atoms with E-state index in [1.54, 1.807) is 0 Å². The predicted octanol–water partition coefficient (Wildman–Crippen LogP) is 2.12. The number of carbonyl (C=O) groups is 1. The first kappa shape index (κ1) is 17.4. The van der Waals surface area contributed by atoms with Crippen LogP contribution in [0.3, 0.4) is 0 Å². The monoisotopic (exact) mass is 299 g/mol. The van der Waals surface area contributed by atoms with Crippen molar-refractivity contribution in [1.29, 1.82) is 0 Å². The fourth-order valence-corrected chi connectivity index (χ4v) is 1.48. The van der Waals surface area contributed by atoms with E-state index in [1.807, 2.05) is 36.4 Å².